The second-order valence-electron chi connectivity index (χ2n) is 4.65. The van der Waals surface area contributed by atoms with Gasteiger partial charge in [0.1, 0.15) is 5.76 Å². The molecule has 2 aromatic rings. The molecule has 0 saturated heterocycles. The van der Waals surface area contributed by atoms with E-state index in [0.29, 0.717) is 0 Å². The van der Waals surface area contributed by atoms with Gasteiger partial charge < -0.3 is 9.73 Å². The highest BCUT2D eigenvalue weighted by atomic mass is 16.3. The lowest BCUT2D eigenvalue weighted by molar-refractivity contribution is 0.288. The predicted octanol–water partition coefficient (Wildman–Crippen LogP) is 1.36. The SMILES string of the molecule is CNCc1coc(CN(C)Cc2cnn(C)c2)c1. The van der Waals surface area contributed by atoms with E-state index in [4.69, 9.17) is 4.42 Å². The number of aryl methyl sites for hydroxylation is 1. The molecule has 98 valence electrons. The molecular weight excluding hydrogens is 228 g/mol. The monoisotopic (exact) mass is 248 g/mol. The molecule has 0 atom stereocenters. The van der Waals surface area contributed by atoms with Crippen LogP contribution in [0.2, 0.25) is 0 Å². The van der Waals surface area contributed by atoms with Crippen molar-refractivity contribution in [3.8, 4) is 0 Å². The largest absolute Gasteiger partial charge is 0.468 e. The van der Waals surface area contributed by atoms with Crippen LogP contribution in [0.5, 0.6) is 0 Å². The van der Waals surface area contributed by atoms with E-state index in [0.717, 1.165) is 25.4 Å². The number of furan rings is 1. The van der Waals surface area contributed by atoms with Crippen molar-refractivity contribution in [1.82, 2.24) is 20.0 Å². The van der Waals surface area contributed by atoms with Crippen molar-refractivity contribution in [2.24, 2.45) is 7.05 Å². The average molecular weight is 248 g/mol. The smallest absolute Gasteiger partial charge is 0.118 e. The van der Waals surface area contributed by atoms with Gasteiger partial charge in [-0.05, 0) is 20.2 Å². The minimum atomic E-state index is 0.804. The van der Waals surface area contributed by atoms with Crippen LogP contribution in [0, 0.1) is 0 Å². The zero-order valence-electron chi connectivity index (χ0n) is 11.2. The van der Waals surface area contributed by atoms with Crippen molar-refractivity contribution in [3.05, 3.63) is 41.6 Å². The van der Waals surface area contributed by atoms with Gasteiger partial charge in [0.25, 0.3) is 0 Å². The fourth-order valence-electron chi connectivity index (χ4n) is 1.99. The van der Waals surface area contributed by atoms with Gasteiger partial charge in [-0.2, -0.15) is 5.10 Å². The summed E-state index contributed by atoms with van der Waals surface area (Å²) in [6, 6.07) is 2.09. The maximum absolute atomic E-state index is 5.53. The van der Waals surface area contributed by atoms with Crippen LogP contribution in [-0.2, 0) is 26.7 Å². The normalized spacial score (nSPS) is 11.3. The first-order valence-corrected chi connectivity index (χ1v) is 6.04. The van der Waals surface area contributed by atoms with Gasteiger partial charge >= 0.3 is 0 Å². The molecule has 0 aliphatic heterocycles. The molecule has 0 aliphatic rings. The van der Waals surface area contributed by atoms with E-state index in [2.05, 4.69) is 28.4 Å². The molecule has 0 spiro atoms. The van der Waals surface area contributed by atoms with Gasteiger partial charge in [0, 0.05) is 37.5 Å². The van der Waals surface area contributed by atoms with E-state index in [1.807, 2.05) is 37.4 Å². The van der Waals surface area contributed by atoms with Crippen molar-refractivity contribution < 1.29 is 4.42 Å². The summed E-state index contributed by atoms with van der Waals surface area (Å²) in [5.41, 5.74) is 2.39. The van der Waals surface area contributed by atoms with Crippen molar-refractivity contribution >= 4 is 0 Å². The minimum absolute atomic E-state index is 0.804. The minimum Gasteiger partial charge on any atom is -0.468 e. The fourth-order valence-corrected chi connectivity index (χ4v) is 1.99. The van der Waals surface area contributed by atoms with Gasteiger partial charge in [-0.3, -0.25) is 9.58 Å². The van der Waals surface area contributed by atoms with Crippen molar-refractivity contribution in [1.29, 1.82) is 0 Å². The zero-order valence-corrected chi connectivity index (χ0v) is 11.2. The van der Waals surface area contributed by atoms with Gasteiger partial charge in [-0.15, -0.1) is 0 Å². The van der Waals surface area contributed by atoms with E-state index in [1.165, 1.54) is 11.1 Å². The Kier molecular flexibility index (Phi) is 4.17. The molecule has 0 fully saturated rings. The van der Waals surface area contributed by atoms with Gasteiger partial charge in [-0.25, -0.2) is 0 Å². The second kappa shape index (κ2) is 5.84. The third-order valence-corrected chi connectivity index (χ3v) is 2.73. The highest BCUT2D eigenvalue weighted by Crippen LogP contribution is 2.11. The lowest BCUT2D eigenvalue weighted by Gasteiger charge is -2.13. The summed E-state index contributed by atoms with van der Waals surface area (Å²) >= 11 is 0. The van der Waals surface area contributed by atoms with Gasteiger partial charge in [0.05, 0.1) is 19.0 Å². The van der Waals surface area contributed by atoms with E-state index < -0.39 is 0 Å². The number of hydrogen-bond donors (Lipinski definition) is 1. The Morgan fingerprint density at radius 3 is 2.89 bits per heavy atom. The molecule has 2 aromatic heterocycles. The van der Waals surface area contributed by atoms with E-state index >= 15 is 0 Å². The van der Waals surface area contributed by atoms with Gasteiger partial charge in [0.2, 0.25) is 0 Å². The Bertz CT molecular complexity index is 489. The van der Waals surface area contributed by atoms with Crippen LogP contribution >= 0.6 is 0 Å². The number of nitrogens with zero attached hydrogens (tertiary/aromatic N) is 3. The van der Waals surface area contributed by atoms with Crippen molar-refractivity contribution in [2.45, 2.75) is 19.6 Å². The molecule has 1 N–H and O–H groups in total. The number of rotatable bonds is 6. The number of aromatic nitrogens is 2. The summed E-state index contributed by atoms with van der Waals surface area (Å²) in [5.74, 6) is 0.992. The first-order valence-electron chi connectivity index (χ1n) is 6.04. The first kappa shape index (κ1) is 12.9. The molecule has 5 nitrogen and oxygen atoms in total. The van der Waals surface area contributed by atoms with E-state index in [9.17, 15) is 0 Å². The molecule has 0 radical (unpaired) electrons. The average Bonchev–Trinajstić information content (AvgIpc) is 2.89. The molecule has 0 saturated carbocycles. The zero-order chi connectivity index (χ0) is 13.0. The van der Waals surface area contributed by atoms with Gasteiger partial charge in [-0.1, -0.05) is 0 Å². The van der Waals surface area contributed by atoms with Crippen LogP contribution in [0.3, 0.4) is 0 Å². The van der Waals surface area contributed by atoms with E-state index in [-0.39, 0.29) is 0 Å². The maximum Gasteiger partial charge on any atom is 0.118 e. The van der Waals surface area contributed by atoms with Crippen LogP contribution in [0.25, 0.3) is 0 Å². The molecule has 0 unspecified atom stereocenters. The highest BCUT2D eigenvalue weighted by molar-refractivity contribution is 5.12. The molecular formula is C13H20N4O. The summed E-state index contributed by atoms with van der Waals surface area (Å²) < 4.78 is 7.35. The molecule has 18 heavy (non-hydrogen) atoms. The lowest BCUT2D eigenvalue weighted by Crippen LogP contribution is -2.16. The first-order chi connectivity index (χ1) is 8.67. The molecule has 0 aromatic carbocycles. The van der Waals surface area contributed by atoms with Crippen LogP contribution in [0.4, 0.5) is 0 Å². The lowest BCUT2D eigenvalue weighted by atomic mass is 10.3. The van der Waals surface area contributed by atoms with Crippen molar-refractivity contribution in [2.75, 3.05) is 14.1 Å². The topological polar surface area (TPSA) is 46.2 Å². The van der Waals surface area contributed by atoms with Crippen LogP contribution < -0.4 is 5.32 Å². The summed E-state index contributed by atoms with van der Waals surface area (Å²) in [6.45, 7) is 2.52. The second-order valence-corrected chi connectivity index (χ2v) is 4.65. The Morgan fingerprint density at radius 1 is 1.39 bits per heavy atom. The Morgan fingerprint density at radius 2 is 2.22 bits per heavy atom. The molecule has 2 rings (SSSR count). The quantitative estimate of drug-likeness (QED) is 0.838. The molecule has 0 aliphatic carbocycles. The molecule has 0 amide bonds. The predicted molar refractivity (Wildman–Crippen MR) is 69.9 cm³/mol. The molecule has 0 bridgehead atoms. The molecule has 5 heteroatoms. The molecule has 2 heterocycles. The highest BCUT2D eigenvalue weighted by Gasteiger charge is 2.07. The fraction of sp³-hybridized carbons (Fsp3) is 0.462. The van der Waals surface area contributed by atoms with Crippen molar-refractivity contribution in [3.63, 3.8) is 0 Å². The third-order valence-electron chi connectivity index (χ3n) is 2.73. The maximum atomic E-state index is 5.53. The number of hydrogen-bond acceptors (Lipinski definition) is 4. The summed E-state index contributed by atoms with van der Waals surface area (Å²) in [4.78, 5) is 2.21. The van der Waals surface area contributed by atoms with Crippen LogP contribution in [0.15, 0.2) is 29.1 Å². The van der Waals surface area contributed by atoms with E-state index in [1.54, 1.807) is 0 Å². The Hall–Kier alpha value is -1.59. The van der Waals surface area contributed by atoms with Gasteiger partial charge in [0.15, 0.2) is 0 Å². The van der Waals surface area contributed by atoms with Crippen LogP contribution in [-0.4, -0.2) is 28.8 Å². The summed E-state index contributed by atoms with van der Waals surface area (Å²) in [6.07, 6.45) is 5.74. The van der Waals surface area contributed by atoms with Crippen LogP contribution in [0.1, 0.15) is 16.9 Å². The standard InChI is InChI=1S/C13H20N4O/c1-14-5-11-4-13(18-10-11)9-16(2)7-12-6-15-17(3)8-12/h4,6,8,10,14H,5,7,9H2,1-3H3. The summed E-state index contributed by atoms with van der Waals surface area (Å²) in [7, 11) is 5.94. The third kappa shape index (κ3) is 3.45. The Labute approximate surface area is 107 Å². The number of nitrogens with one attached hydrogen (secondary N) is 1. The Balaban J connectivity index is 1.88. The summed E-state index contributed by atoms with van der Waals surface area (Å²) in [5, 5.41) is 7.27.